The lowest BCUT2D eigenvalue weighted by atomic mass is 9.96. The summed E-state index contributed by atoms with van der Waals surface area (Å²) in [5.74, 6) is 1.19. The van der Waals surface area contributed by atoms with Crippen molar-refractivity contribution < 1.29 is 4.52 Å². The number of fused-ring (bicyclic) bond motifs is 1. The van der Waals surface area contributed by atoms with E-state index in [1.807, 2.05) is 82.3 Å². The van der Waals surface area contributed by atoms with Crippen molar-refractivity contribution >= 4 is 22.7 Å². The number of aromatic nitrogens is 4. The van der Waals surface area contributed by atoms with E-state index in [0.29, 0.717) is 34.3 Å². The van der Waals surface area contributed by atoms with Gasteiger partial charge in [0.2, 0.25) is 5.89 Å². The Bertz CT molecular complexity index is 1230. The van der Waals surface area contributed by atoms with E-state index in [1.165, 1.54) is 11.8 Å². The highest BCUT2D eigenvalue weighted by Crippen LogP contribution is 2.34. The van der Waals surface area contributed by atoms with Crippen LogP contribution >= 0.6 is 11.8 Å². The molecule has 0 saturated carbocycles. The molecule has 0 aliphatic rings. The molecule has 0 saturated heterocycles. The standard InChI is InChI=1S/C23H24N4O2S/c1-15(19-25-21(26-29-19)23(2,3)4)30-22-24-18-13-9-8-12-17(18)20(28)27(22)14-16-10-6-5-7-11-16/h5-13,15H,14H2,1-4H3. The average Bonchev–Trinajstić information content (AvgIpc) is 3.23. The Balaban J connectivity index is 1.74. The van der Waals surface area contributed by atoms with Gasteiger partial charge in [-0.25, -0.2) is 4.98 Å². The molecule has 6 nitrogen and oxygen atoms in total. The molecule has 30 heavy (non-hydrogen) atoms. The quantitative estimate of drug-likeness (QED) is 0.335. The minimum absolute atomic E-state index is 0.0555. The van der Waals surface area contributed by atoms with E-state index in [2.05, 4.69) is 10.1 Å². The van der Waals surface area contributed by atoms with Crippen molar-refractivity contribution in [2.75, 3.05) is 0 Å². The van der Waals surface area contributed by atoms with Gasteiger partial charge in [0.25, 0.3) is 5.56 Å². The first kappa shape index (κ1) is 20.3. The minimum atomic E-state index is -0.192. The second kappa shape index (κ2) is 8.07. The van der Waals surface area contributed by atoms with Crippen LogP contribution in [-0.4, -0.2) is 19.7 Å². The van der Waals surface area contributed by atoms with Gasteiger partial charge >= 0.3 is 0 Å². The zero-order valence-corrected chi connectivity index (χ0v) is 18.3. The van der Waals surface area contributed by atoms with Crippen LogP contribution in [0.5, 0.6) is 0 Å². The molecule has 7 heteroatoms. The van der Waals surface area contributed by atoms with Crippen molar-refractivity contribution in [3.05, 3.63) is 82.2 Å². The molecular formula is C23H24N4O2S. The Morgan fingerprint density at radius 3 is 2.43 bits per heavy atom. The van der Waals surface area contributed by atoms with Gasteiger partial charge in [0.1, 0.15) is 0 Å². The van der Waals surface area contributed by atoms with Gasteiger partial charge in [-0.1, -0.05) is 80.2 Å². The Morgan fingerprint density at radius 2 is 1.73 bits per heavy atom. The molecular weight excluding hydrogens is 396 g/mol. The Morgan fingerprint density at radius 1 is 1.03 bits per heavy atom. The maximum Gasteiger partial charge on any atom is 0.262 e. The van der Waals surface area contributed by atoms with Crippen molar-refractivity contribution in [3.63, 3.8) is 0 Å². The summed E-state index contributed by atoms with van der Waals surface area (Å²) in [7, 11) is 0. The smallest absolute Gasteiger partial charge is 0.262 e. The van der Waals surface area contributed by atoms with Crippen LogP contribution in [0.4, 0.5) is 0 Å². The second-order valence-electron chi connectivity index (χ2n) is 8.25. The third kappa shape index (κ3) is 4.16. The fraction of sp³-hybridized carbons (Fsp3) is 0.304. The molecule has 4 aromatic rings. The summed E-state index contributed by atoms with van der Waals surface area (Å²) in [5, 5.41) is 5.21. The van der Waals surface area contributed by atoms with E-state index >= 15 is 0 Å². The van der Waals surface area contributed by atoms with Gasteiger partial charge in [0.05, 0.1) is 22.7 Å². The molecule has 1 atom stereocenters. The molecule has 0 radical (unpaired) electrons. The number of nitrogens with zero attached hydrogens (tertiary/aromatic N) is 4. The van der Waals surface area contributed by atoms with Crippen LogP contribution in [0, 0.1) is 0 Å². The molecule has 0 fully saturated rings. The molecule has 0 spiro atoms. The maximum absolute atomic E-state index is 13.3. The third-order valence-electron chi connectivity index (χ3n) is 4.75. The number of para-hydroxylation sites is 1. The van der Waals surface area contributed by atoms with Crippen LogP contribution in [0.3, 0.4) is 0 Å². The predicted molar refractivity (Wildman–Crippen MR) is 119 cm³/mol. The number of hydrogen-bond donors (Lipinski definition) is 0. The number of benzene rings is 2. The first-order chi connectivity index (χ1) is 14.3. The fourth-order valence-electron chi connectivity index (χ4n) is 3.06. The van der Waals surface area contributed by atoms with Crippen molar-refractivity contribution in [1.82, 2.24) is 19.7 Å². The summed E-state index contributed by atoms with van der Waals surface area (Å²) < 4.78 is 7.23. The summed E-state index contributed by atoms with van der Waals surface area (Å²) in [6.45, 7) is 8.56. The van der Waals surface area contributed by atoms with Crippen molar-refractivity contribution in [2.45, 2.75) is 50.1 Å². The largest absolute Gasteiger partial charge is 0.338 e. The minimum Gasteiger partial charge on any atom is -0.338 e. The van der Waals surface area contributed by atoms with E-state index < -0.39 is 0 Å². The molecule has 4 rings (SSSR count). The highest BCUT2D eigenvalue weighted by atomic mass is 32.2. The van der Waals surface area contributed by atoms with Crippen molar-refractivity contribution in [2.24, 2.45) is 0 Å². The molecule has 0 N–H and O–H groups in total. The molecule has 0 bridgehead atoms. The predicted octanol–water partition coefficient (Wildman–Crippen LogP) is 4.98. The lowest BCUT2D eigenvalue weighted by Gasteiger charge is -2.15. The monoisotopic (exact) mass is 420 g/mol. The third-order valence-corrected chi connectivity index (χ3v) is 5.83. The Kier molecular flexibility index (Phi) is 5.47. The maximum atomic E-state index is 13.3. The Hall–Kier alpha value is -2.93. The topological polar surface area (TPSA) is 73.8 Å². The normalized spacial score (nSPS) is 12.9. The highest BCUT2D eigenvalue weighted by Gasteiger charge is 2.25. The first-order valence-electron chi connectivity index (χ1n) is 9.87. The molecule has 2 aromatic carbocycles. The average molecular weight is 421 g/mol. The van der Waals surface area contributed by atoms with E-state index in [0.717, 1.165) is 5.56 Å². The first-order valence-corrected chi connectivity index (χ1v) is 10.7. The molecule has 2 aromatic heterocycles. The van der Waals surface area contributed by atoms with Crippen LogP contribution in [0.15, 0.2) is 69.1 Å². The van der Waals surface area contributed by atoms with Crippen LogP contribution in [0.2, 0.25) is 0 Å². The van der Waals surface area contributed by atoms with E-state index in [9.17, 15) is 4.79 Å². The number of thioether (sulfide) groups is 1. The van der Waals surface area contributed by atoms with Crippen molar-refractivity contribution in [1.29, 1.82) is 0 Å². The van der Waals surface area contributed by atoms with E-state index in [4.69, 9.17) is 9.51 Å². The van der Waals surface area contributed by atoms with E-state index in [-0.39, 0.29) is 16.2 Å². The van der Waals surface area contributed by atoms with Gasteiger partial charge < -0.3 is 4.52 Å². The SMILES string of the molecule is CC(Sc1nc2ccccc2c(=O)n1Cc1ccccc1)c1nc(C(C)(C)C)no1. The summed E-state index contributed by atoms with van der Waals surface area (Å²) in [5.41, 5.74) is 1.48. The number of rotatable bonds is 5. The molecule has 0 aliphatic heterocycles. The lowest BCUT2D eigenvalue weighted by Crippen LogP contribution is -2.24. The van der Waals surface area contributed by atoms with Crippen LogP contribution < -0.4 is 5.56 Å². The van der Waals surface area contributed by atoms with Crippen LogP contribution in [0.25, 0.3) is 10.9 Å². The zero-order valence-electron chi connectivity index (χ0n) is 17.5. The lowest BCUT2D eigenvalue weighted by molar-refractivity contribution is 0.364. The summed E-state index contributed by atoms with van der Waals surface area (Å²) >= 11 is 1.45. The van der Waals surface area contributed by atoms with Gasteiger partial charge in [0.15, 0.2) is 11.0 Å². The van der Waals surface area contributed by atoms with Gasteiger partial charge in [0, 0.05) is 5.41 Å². The van der Waals surface area contributed by atoms with Gasteiger partial charge in [-0.15, -0.1) is 0 Å². The van der Waals surface area contributed by atoms with Gasteiger partial charge in [-0.3, -0.25) is 9.36 Å². The second-order valence-corrected chi connectivity index (χ2v) is 9.56. The summed E-state index contributed by atoms with van der Waals surface area (Å²) in [4.78, 5) is 22.6. The zero-order chi connectivity index (χ0) is 21.3. The molecule has 0 amide bonds. The van der Waals surface area contributed by atoms with Crippen molar-refractivity contribution in [3.8, 4) is 0 Å². The number of hydrogen-bond acceptors (Lipinski definition) is 6. The van der Waals surface area contributed by atoms with Gasteiger partial charge in [-0.05, 0) is 24.6 Å². The molecule has 0 aliphatic carbocycles. The van der Waals surface area contributed by atoms with E-state index in [1.54, 1.807) is 4.57 Å². The fourth-order valence-corrected chi connectivity index (χ4v) is 4.00. The van der Waals surface area contributed by atoms with Gasteiger partial charge in [-0.2, -0.15) is 4.98 Å². The Labute approximate surface area is 179 Å². The molecule has 2 heterocycles. The highest BCUT2D eigenvalue weighted by molar-refractivity contribution is 7.99. The molecule has 1 unspecified atom stereocenters. The van der Waals surface area contributed by atoms with Crippen LogP contribution in [0.1, 0.15) is 50.2 Å². The van der Waals surface area contributed by atoms with Crippen LogP contribution in [-0.2, 0) is 12.0 Å². The molecule has 154 valence electrons. The summed E-state index contributed by atoms with van der Waals surface area (Å²) in [6, 6.07) is 17.3. The summed E-state index contributed by atoms with van der Waals surface area (Å²) in [6.07, 6.45) is 0.